The van der Waals surface area contributed by atoms with Crippen molar-refractivity contribution in [2.24, 2.45) is 0 Å². The summed E-state index contributed by atoms with van der Waals surface area (Å²) in [7, 11) is 0. The molecule has 0 fully saturated rings. The van der Waals surface area contributed by atoms with Crippen LogP contribution in [0, 0.1) is 0 Å². The molecule has 0 radical (unpaired) electrons. The molecule has 1 aliphatic rings. The number of pyridine rings is 1. The highest BCUT2D eigenvalue weighted by Gasteiger charge is 2.34. The van der Waals surface area contributed by atoms with E-state index in [1.807, 2.05) is 43.3 Å². The number of nitrogens with zero attached hydrogens (tertiary/aromatic N) is 3. The first-order chi connectivity index (χ1) is 14.6. The van der Waals surface area contributed by atoms with Crippen molar-refractivity contribution in [1.82, 2.24) is 14.5 Å². The number of halogens is 1. The number of aromatic nitrogens is 3. The SMILES string of the molecule is CC1=C(C(=O)Nc2ccc(Cl)cc2)[C@H](c2cccnc2)n2c(nc3ccccc32)N1. The number of benzene rings is 2. The lowest BCUT2D eigenvalue weighted by Gasteiger charge is -2.30. The van der Waals surface area contributed by atoms with Gasteiger partial charge in [0.05, 0.1) is 22.6 Å². The summed E-state index contributed by atoms with van der Waals surface area (Å²) in [6, 6.07) is 18.4. The molecule has 2 aromatic carbocycles. The maximum Gasteiger partial charge on any atom is 0.255 e. The van der Waals surface area contributed by atoms with Crippen LogP contribution in [-0.2, 0) is 4.79 Å². The lowest BCUT2D eigenvalue weighted by Crippen LogP contribution is -2.31. The van der Waals surface area contributed by atoms with E-state index in [1.54, 1.807) is 36.7 Å². The van der Waals surface area contributed by atoms with Gasteiger partial charge in [0.1, 0.15) is 0 Å². The highest BCUT2D eigenvalue weighted by molar-refractivity contribution is 6.30. The van der Waals surface area contributed by atoms with E-state index in [-0.39, 0.29) is 11.9 Å². The normalized spacial score (nSPS) is 15.6. The summed E-state index contributed by atoms with van der Waals surface area (Å²) in [5.74, 6) is 0.505. The zero-order chi connectivity index (χ0) is 20.7. The number of hydrogen-bond acceptors (Lipinski definition) is 4. The van der Waals surface area contributed by atoms with Gasteiger partial charge in [-0.3, -0.25) is 14.3 Å². The highest BCUT2D eigenvalue weighted by Crippen LogP contribution is 2.39. The third-order valence-corrected chi connectivity index (χ3v) is 5.43. The molecule has 6 nitrogen and oxygen atoms in total. The minimum atomic E-state index is -0.366. The lowest BCUT2D eigenvalue weighted by molar-refractivity contribution is -0.113. The molecule has 7 heteroatoms. The number of para-hydroxylation sites is 2. The number of amides is 1. The van der Waals surface area contributed by atoms with E-state index in [4.69, 9.17) is 16.6 Å². The van der Waals surface area contributed by atoms with Gasteiger partial charge >= 0.3 is 0 Å². The number of imidazole rings is 1. The molecule has 30 heavy (non-hydrogen) atoms. The fourth-order valence-corrected chi connectivity index (χ4v) is 3.97. The number of allylic oxidation sites excluding steroid dienone is 1. The molecule has 1 amide bonds. The molecule has 4 aromatic rings. The minimum absolute atomic E-state index is 0.195. The van der Waals surface area contributed by atoms with E-state index >= 15 is 0 Å². The van der Waals surface area contributed by atoms with Gasteiger partial charge in [-0.1, -0.05) is 29.8 Å². The zero-order valence-corrected chi connectivity index (χ0v) is 16.9. The fraction of sp³-hybridized carbons (Fsp3) is 0.0870. The third kappa shape index (κ3) is 3.11. The molecule has 0 bridgehead atoms. The summed E-state index contributed by atoms with van der Waals surface area (Å²) in [5.41, 5.74) is 4.74. The van der Waals surface area contributed by atoms with Gasteiger partial charge < -0.3 is 10.6 Å². The fourth-order valence-electron chi connectivity index (χ4n) is 3.84. The molecule has 0 unspecified atom stereocenters. The number of fused-ring (bicyclic) bond motifs is 3. The first-order valence-corrected chi connectivity index (χ1v) is 9.91. The summed E-state index contributed by atoms with van der Waals surface area (Å²) in [4.78, 5) is 22.4. The molecular weight excluding hydrogens is 398 g/mol. The van der Waals surface area contributed by atoms with E-state index in [0.717, 1.165) is 22.3 Å². The third-order valence-electron chi connectivity index (χ3n) is 5.18. The van der Waals surface area contributed by atoms with Crippen molar-refractivity contribution in [2.75, 3.05) is 10.6 Å². The Labute approximate surface area is 178 Å². The van der Waals surface area contributed by atoms with Crippen LogP contribution >= 0.6 is 11.6 Å². The Balaban J connectivity index is 1.65. The number of carbonyl (C=O) groups is 1. The van der Waals surface area contributed by atoms with Crippen molar-refractivity contribution in [3.05, 3.63) is 94.9 Å². The first kappa shape index (κ1) is 18.4. The maximum absolute atomic E-state index is 13.4. The van der Waals surface area contributed by atoms with E-state index in [9.17, 15) is 4.79 Å². The van der Waals surface area contributed by atoms with Gasteiger partial charge in [-0.25, -0.2) is 4.98 Å². The summed E-state index contributed by atoms with van der Waals surface area (Å²) in [5, 5.41) is 6.91. The van der Waals surface area contributed by atoms with Crippen LogP contribution in [-0.4, -0.2) is 20.4 Å². The van der Waals surface area contributed by atoms with Crippen LogP contribution in [0.2, 0.25) is 5.02 Å². The first-order valence-electron chi connectivity index (χ1n) is 9.53. The van der Waals surface area contributed by atoms with Crippen molar-refractivity contribution >= 4 is 40.2 Å². The molecule has 0 aliphatic carbocycles. The zero-order valence-electron chi connectivity index (χ0n) is 16.1. The molecule has 1 aliphatic heterocycles. The van der Waals surface area contributed by atoms with Crippen LogP contribution in [0.4, 0.5) is 11.6 Å². The Morgan fingerprint density at radius 3 is 2.67 bits per heavy atom. The quantitative estimate of drug-likeness (QED) is 0.493. The van der Waals surface area contributed by atoms with Crippen molar-refractivity contribution in [3.63, 3.8) is 0 Å². The molecule has 0 saturated carbocycles. The monoisotopic (exact) mass is 415 g/mol. The van der Waals surface area contributed by atoms with Crippen LogP contribution in [0.15, 0.2) is 84.3 Å². The maximum atomic E-state index is 13.4. The second-order valence-corrected chi connectivity index (χ2v) is 7.54. The topological polar surface area (TPSA) is 71.8 Å². The Morgan fingerprint density at radius 2 is 1.90 bits per heavy atom. The molecule has 3 heterocycles. The smallest absolute Gasteiger partial charge is 0.255 e. The van der Waals surface area contributed by atoms with Gasteiger partial charge in [-0.15, -0.1) is 0 Å². The van der Waals surface area contributed by atoms with Crippen LogP contribution in [0.1, 0.15) is 18.5 Å². The highest BCUT2D eigenvalue weighted by atomic mass is 35.5. The molecule has 0 spiro atoms. The number of hydrogen-bond donors (Lipinski definition) is 2. The Bertz CT molecular complexity index is 1280. The van der Waals surface area contributed by atoms with Gasteiger partial charge in [-0.05, 0) is 55.0 Å². The predicted octanol–water partition coefficient (Wildman–Crippen LogP) is 5.01. The molecule has 2 N–H and O–H groups in total. The van der Waals surface area contributed by atoms with Crippen LogP contribution in [0.25, 0.3) is 11.0 Å². The number of carbonyl (C=O) groups excluding carboxylic acids is 1. The van der Waals surface area contributed by atoms with E-state index < -0.39 is 0 Å². The van der Waals surface area contributed by atoms with E-state index in [0.29, 0.717) is 22.2 Å². The van der Waals surface area contributed by atoms with Gasteiger partial charge in [0.25, 0.3) is 5.91 Å². The van der Waals surface area contributed by atoms with Gasteiger partial charge in [0.15, 0.2) is 0 Å². The second-order valence-electron chi connectivity index (χ2n) is 7.11. The minimum Gasteiger partial charge on any atom is -0.329 e. The standard InChI is InChI=1S/C23H18ClN5O/c1-14-20(22(30)27-17-10-8-16(24)9-11-17)21(15-5-4-12-25-13-15)29-19-7-3-2-6-18(19)28-23(29)26-14/h2-13,21H,1H3,(H,26,28)(H,27,30)/t21-/m0/s1. The molecule has 0 saturated heterocycles. The molecular formula is C23H18ClN5O. The largest absolute Gasteiger partial charge is 0.329 e. The van der Waals surface area contributed by atoms with Gasteiger partial charge in [0.2, 0.25) is 5.95 Å². The summed E-state index contributed by atoms with van der Waals surface area (Å²) in [6.07, 6.45) is 3.51. The van der Waals surface area contributed by atoms with Crippen molar-refractivity contribution in [3.8, 4) is 0 Å². The summed E-state index contributed by atoms with van der Waals surface area (Å²) < 4.78 is 2.05. The van der Waals surface area contributed by atoms with E-state index in [1.165, 1.54) is 0 Å². The van der Waals surface area contributed by atoms with Crippen molar-refractivity contribution in [1.29, 1.82) is 0 Å². The predicted molar refractivity (Wildman–Crippen MR) is 119 cm³/mol. The van der Waals surface area contributed by atoms with Gasteiger partial charge in [-0.2, -0.15) is 0 Å². The number of nitrogens with one attached hydrogen (secondary N) is 2. The lowest BCUT2D eigenvalue weighted by atomic mass is 9.95. The molecule has 5 rings (SSSR count). The Hall–Kier alpha value is -3.64. The van der Waals surface area contributed by atoms with Crippen molar-refractivity contribution in [2.45, 2.75) is 13.0 Å². The average molecular weight is 416 g/mol. The second kappa shape index (κ2) is 7.31. The van der Waals surface area contributed by atoms with Crippen molar-refractivity contribution < 1.29 is 4.79 Å². The van der Waals surface area contributed by atoms with Gasteiger partial charge in [0, 0.05) is 28.8 Å². The number of rotatable bonds is 3. The summed E-state index contributed by atoms with van der Waals surface area (Å²) in [6.45, 7) is 1.89. The van der Waals surface area contributed by atoms with Crippen LogP contribution in [0.3, 0.4) is 0 Å². The number of anilines is 2. The average Bonchev–Trinajstić information content (AvgIpc) is 3.12. The van der Waals surface area contributed by atoms with Crippen LogP contribution < -0.4 is 10.6 Å². The molecule has 1 atom stereocenters. The molecule has 2 aromatic heterocycles. The van der Waals surface area contributed by atoms with E-state index in [2.05, 4.69) is 20.2 Å². The Kier molecular flexibility index (Phi) is 4.48. The Morgan fingerprint density at radius 1 is 1.10 bits per heavy atom. The molecule has 148 valence electrons. The summed E-state index contributed by atoms with van der Waals surface area (Å²) >= 11 is 5.97. The van der Waals surface area contributed by atoms with Crippen LogP contribution in [0.5, 0.6) is 0 Å².